The van der Waals surface area contributed by atoms with Gasteiger partial charge in [0.25, 0.3) is 0 Å². The Balaban J connectivity index is 1.29. The van der Waals surface area contributed by atoms with E-state index in [2.05, 4.69) is 20.5 Å². The van der Waals surface area contributed by atoms with Gasteiger partial charge in [0.15, 0.2) is 5.60 Å². The smallest absolute Gasteiger partial charge is 0.414 e. The number of cyclic esters (lactones) is 1. The lowest BCUT2D eigenvalue weighted by Gasteiger charge is -2.20. The summed E-state index contributed by atoms with van der Waals surface area (Å²) in [6.07, 6.45) is 3.95. The van der Waals surface area contributed by atoms with E-state index in [9.17, 15) is 19.4 Å². The average molecular weight is 468 g/mol. The Morgan fingerprint density at radius 3 is 2.71 bits per heavy atom. The first-order valence-electron chi connectivity index (χ1n) is 10.6. The zero-order valence-electron chi connectivity index (χ0n) is 17.9. The van der Waals surface area contributed by atoms with Crippen molar-refractivity contribution in [1.29, 1.82) is 0 Å². The summed E-state index contributed by atoms with van der Waals surface area (Å²) < 4.78 is 21.9. The number of halogens is 1. The predicted octanol–water partition coefficient (Wildman–Crippen LogP) is 1.35. The summed E-state index contributed by atoms with van der Waals surface area (Å²) >= 11 is 0. The van der Waals surface area contributed by atoms with E-state index in [0.29, 0.717) is 34.8 Å². The number of aromatic nitrogens is 4. The molecule has 0 unspecified atom stereocenters. The molecule has 1 saturated heterocycles. The normalized spacial score (nSPS) is 19.1. The van der Waals surface area contributed by atoms with E-state index in [0.717, 1.165) is 0 Å². The summed E-state index contributed by atoms with van der Waals surface area (Å²) in [5.41, 5.74) is 1.08. The van der Waals surface area contributed by atoms with Crippen molar-refractivity contribution in [1.82, 2.24) is 20.0 Å². The summed E-state index contributed by atoms with van der Waals surface area (Å²) in [6.45, 7) is -0.133. The SMILES string of the molecule is O=C1O[C@@H](Cn2ccnn2)CN1c1ccc(-c2ccc(C3=NOC(CO)(CO)C3)nc2)c(F)c1. The van der Waals surface area contributed by atoms with Gasteiger partial charge >= 0.3 is 6.09 Å². The molecule has 0 aliphatic carbocycles. The molecule has 3 aromatic rings. The van der Waals surface area contributed by atoms with Crippen LogP contribution in [0.5, 0.6) is 0 Å². The molecule has 0 radical (unpaired) electrons. The van der Waals surface area contributed by atoms with Crippen LogP contribution < -0.4 is 4.90 Å². The highest BCUT2D eigenvalue weighted by Crippen LogP contribution is 2.30. The molecule has 1 aromatic carbocycles. The Morgan fingerprint density at radius 2 is 2.06 bits per heavy atom. The fraction of sp³-hybridized carbons (Fsp3) is 0.318. The monoisotopic (exact) mass is 468 g/mol. The van der Waals surface area contributed by atoms with Crippen LogP contribution >= 0.6 is 0 Å². The Kier molecular flexibility index (Phi) is 5.67. The van der Waals surface area contributed by atoms with Gasteiger partial charge < -0.3 is 19.8 Å². The van der Waals surface area contributed by atoms with E-state index in [1.54, 1.807) is 35.1 Å². The molecule has 1 fully saturated rings. The van der Waals surface area contributed by atoms with Gasteiger partial charge in [0.1, 0.15) is 17.6 Å². The fourth-order valence-electron chi connectivity index (χ4n) is 3.87. The Labute approximate surface area is 193 Å². The molecule has 2 aliphatic heterocycles. The van der Waals surface area contributed by atoms with Crippen LogP contribution in [0.25, 0.3) is 11.1 Å². The second-order valence-corrected chi connectivity index (χ2v) is 8.14. The Morgan fingerprint density at radius 1 is 1.21 bits per heavy atom. The fourth-order valence-corrected chi connectivity index (χ4v) is 3.87. The zero-order chi connectivity index (χ0) is 23.7. The van der Waals surface area contributed by atoms with E-state index < -0.39 is 23.6 Å². The number of carbonyl (C=O) groups excluding carboxylic acids is 1. The van der Waals surface area contributed by atoms with E-state index in [1.807, 2.05) is 0 Å². The maximum Gasteiger partial charge on any atom is 0.414 e. The molecule has 176 valence electrons. The summed E-state index contributed by atoms with van der Waals surface area (Å²) in [4.78, 5) is 23.2. The highest BCUT2D eigenvalue weighted by Gasteiger charge is 2.39. The number of ether oxygens (including phenoxy) is 1. The number of rotatable bonds is 7. The first-order chi connectivity index (χ1) is 16.5. The molecule has 4 heterocycles. The molecule has 2 N–H and O–H groups in total. The van der Waals surface area contributed by atoms with Crippen molar-refractivity contribution in [2.75, 3.05) is 24.7 Å². The lowest BCUT2D eigenvalue weighted by Crippen LogP contribution is -2.37. The number of anilines is 1. The molecule has 12 heteroatoms. The van der Waals surface area contributed by atoms with Crippen molar-refractivity contribution in [2.45, 2.75) is 24.7 Å². The lowest BCUT2D eigenvalue weighted by molar-refractivity contribution is -0.0878. The molecule has 0 bridgehead atoms. The van der Waals surface area contributed by atoms with Gasteiger partial charge in [-0.25, -0.2) is 13.9 Å². The van der Waals surface area contributed by atoms with Gasteiger partial charge in [-0.15, -0.1) is 5.10 Å². The van der Waals surface area contributed by atoms with E-state index >= 15 is 0 Å². The molecular weight excluding hydrogens is 447 g/mol. The van der Waals surface area contributed by atoms with E-state index in [-0.39, 0.29) is 26.2 Å². The summed E-state index contributed by atoms with van der Waals surface area (Å²) in [5.74, 6) is -0.513. The van der Waals surface area contributed by atoms with Crippen LogP contribution in [-0.4, -0.2) is 73.5 Å². The summed E-state index contributed by atoms with van der Waals surface area (Å²) in [5, 5.41) is 30.4. The average Bonchev–Trinajstić information content (AvgIpc) is 3.60. The molecule has 1 atom stereocenters. The van der Waals surface area contributed by atoms with Gasteiger partial charge in [0, 0.05) is 29.9 Å². The molecule has 11 nitrogen and oxygen atoms in total. The third-order valence-electron chi connectivity index (χ3n) is 5.79. The number of nitrogens with zero attached hydrogens (tertiary/aromatic N) is 6. The minimum atomic E-state index is -1.15. The molecule has 34 heavy (non-hydrogen) atoms. The van der Waals surface area contributed by atoms with E-state index in [4.69, 9.17) is 9.57 Å². The van der Waals surface area contributed by atoms with Crippen LogP contribution in [0.4, 0.5) is 14.9 Å². The molecule has 1 amide bonds. The van der Waals surface area contributed by atoms with Crippen LogP contribution in [0.2, 0.25) is 0 Å². The second kappa shape index (κ2) is 8.80. The number of hydrogen-bond donors (Lipinski definition) is 2. The minimum absolute atomic E-state index is 0.208. The number of aliphatic hydroxyl groups excluding tert-OH is 2. The first-order valence-corrected chi connectivity index (χ1v) is 10.6. The van der Waals surface area contributed by atoms with Gasteiger partial charge in [0.05, 0.1) is 43.9 Å². The van der Waals surface area contributed by atoms with Gasteiger partial charge in [-0.2, -0.15) is 0 Å². The Bertz CT molecular complexity index is 1210. The highest BCUT2D eigenvalue weighted by molar-refractivity contribution is 6.00. The number of amides is 1. The van der Waals surface area contributed by atoms with Crippen LogP contribution in [0.1, 0.15) is 12.1 Å². The number of benzene rings is 1. The van der Waals surface area contributed by atoms with Crippen LogP contribution in [0, 0.1) is 5.82 Å². The van der Waals surface area contributed by atoms with Crippen molar-refractivity contribution in [3.63, 3.8) is 0 Å². The lowest BCUT2D eigenvalue weighted by atomic mass is 9.97. The first kappa shape index (κ1) is 21.9. The van der Waals surface area contributed by atoms with Crippen LogP contribution in [-0.2, 0) is 16.1 Å². The molecule has 0 saturated carbocycles. The van der Waals surface area contributed by atoms with Crippen molar-refractivity contribution in [3.8, 4) is 11.1 Å². The molecule has 2 aliphatic rings. The zero-order valence-corrected chi connectivity index (χ0v) is 17.9. The number of pyridine rings is 1. The van der Waals surface area contributed by atoms with Crippen molar-refractivity contribution < 1.29 is 29.0 Å². The maximum atomic E-state index is 15.0. The summed E-state index contributed by atoms with van der Waals surface area (Å²) in [6, 6.07) is 7.88. The third-order valence-corrected chi connectivity index (χ3v) is 5.79. The number of hydrogen-bond acceptors (Lipinski definition) is 9. The van der Waals surface area contributed by atoms with Gasteiger partial charge in [0.2, 0.25) is 0 Å². The van der Waals surface area contributed by atoms with Crippen molar-refractivity contribution >= 4 is 17.5 Å². The predicted molar refractivity (Wildman–Crippen MR) is 116 cm³/mol. The largest absolute Gasteiger partial charge is 0.442 e. The van der Waals surface area contributed by atoms with Gasteiger partial charge in [-0.3, -0.25) is 9.88 Å². The highest BCUT2D eigenvalue weighted by atomic mass is 19.1. The maximum absolute atomic E-state index is 15.0. The third kappa shape index (κ3) is 4.08. The van der Waals surface area contributed by atoms with Crippen LogP contribution in [0.15, 0.2) is 54.1 Å². The number of aliphatic hydroxyl groups is 2. The number of carbonyl (C=O) groups is 1. The van der Waals surface area contributed by atoms with Gasteiger partial charge in [-0.1, -0.05) is 16.4 Å². The quantitative estimate of drug-likeness (QED) is 0.531. The molecule has 0 spiro atoms. The molecule has 5 rings (SSSR count). The summed E-state index contributed by atoms with van der Waals surface area (Å²) in [7, 11) is 0. The van der Waals surface area contributed by atoms with Crippen molar-refractivity contribution in [2.24, 2.45) is 5.16 Å². The van der Waals surface area contributed by atoms with Crippen LogP contribution in [0.3, 0.4) is 0 Å². The van der Waals surface area contributed by atoms with Gasteiger partial charge in [-0.05, 0) is 24.3 Å². The number of oxime groups is 1. The van der Waals surface area contributed by atoms with Crippen molar-refractivity contribution in [3.05, 3.63) is 60.4 Å². The minimum Gasteiger partial charge on any atom is -0.442 e. The second-order valence-electron chi connectivity index (χ2n) is 8.14. The Hall–Kier alpha value is -3.90. The molecule has 2 aromatic heterocycles. The van der Waals surface area contributed by atoms with E-state index in [1.165, 1.54) is 23.4 Å². The topological polar surface area (TPSA) is 135 Å². The standard InChI is InChI=1S/C22H21FN6O5/c23-18-7-15(29-11-16(33-21(29)32)10-28-6-5-25-27-28)2-3-17(18)14-1-4-19(24-9-14)20-8-22(12-30,13-31)34-26-20/h1-7,9,16,30-31H,8,10-13H2/t16-/m0/s1. The molecular formula is C22H21FN6O5.